The fourth-order valence-corrected chi connectivity index (χ4v) is 0.633. The Balaban J connectivity index is 2.73. The van der Waals surface area contributed by atoms with Crippen molar-refractivity contribution in [3.8, 4) is 0 Å². The molecule has 1 rings (SSSR count). The molecule has 1 heterocycles. The van der Waals surface area contributed by atoms with E-state index < -0.39 is 5.97 Å². The Kier molecular flexibility index (Phi) is 2.17. The predicted molar refractivity (Wildman–Crippen MR) is 36.0 cm³/mol. The highest BCUT2D eigenvalue weighted by Crippen LogP contribution is 1.87. The number of nitrogens with zero attached hydrogens (tertiary/aromatic N) is 3. The highest BCUT2D eigenvalue weighted by molar-refractivity contribution is 5.82. The maximum Gasteiger partial charge on any atom is 0.375 e. The zero-order valence-corrected chi connectivity index (χ0v) is 5.77. The van der Waals surface area contributed by atoms with E-state index in [0.717, 1.165) is 0 Å². The van der Waals surface area contributed by atoms with Gasteiger partial charge >= 0.3 is 5.97 Å². The molecular formula is C5H8N4O2. The minimum absolute atomic E-state index is 0.196. The molecule has 0 saturated carbocycles. The molecule has 60 valence electrons. The molecule has 0 aliphatic rings. The third-order valence-corrected chi connectivity index (χ3v) is 1.09. The van der Waals surface area contributed by atoms with Crippen LogP contribution in [0.15, 0.2) is 6.33 Å². The molecule has 0 aromatic carbocycles. The van der Waals surface area contributed by atoms with Gasteiger partial charge in [0, 0.05) is 6.54 Å². The second-order valence-corrected chi connectivity index (χ2v) is 1.93. The van der Waals surface area contributed by atoms with Crippen molar-refractivity contribution < 1.29 is 9.90 Å². The van der Waals surface area contributed by atoms with Crippen LogP contribution in [-0.4, -0.2) is 32.4 Å². The molecule has 0 atom stereocenters. The van der Waals surface area contributed by atoms with Gasteiger partial charge in [-0.15, -0.1) is 5.10 Å². The molecule has 1 aromatic rings. The molecule has 0 amide bonds. The van der Waals surface area contributed by atoms with Crippen molar-refractivity contribution in [2.75, 3.05) is 6.54 Å². The molecule has 0 spiro atoms. The molecule has 11 heavy (non-hydrogen) atoms. The van der Waals surface area contributed by atoms with Gasteiger partial charge in [-0.05, 0) is 0 Å². The number of rotatable bonds is 3. The van der Waals surface area contributed by atoms with E-state index in [-0.39, 0.29) is 5.82 Å². The van der Waals surface area contributed by atoms with Crippen molar-refractivity contribution in [3.05, 3.63) is 12.2 Å². The van der Waals surface area contributed by atoms with Gasteiger partial charge in [0.2, 0.25) is 0 Å². The van der Waals surface area contributed by atoms with Crippen molar-refractivity contribution in [2.24, 2.45) is 5.73 Å². The van der Waals surface area contributed by atoms with Gasteiger partial charge in [0.05, 0.1) is 6.54 Å². The lowest BCUT2D eigenvalue weighted by Crippen LogP contribution is -2.11. The van der Waals surface area contributed by atoms with E-state index in [0.29, 0.717) is 13.1 Å². The number of hydrogen-bond acceptors (Lipinski definition) is 4. The van der Waals surface area contributed by atoms with Gasteiger partial charge < -0.3 is 10.8 Å². The Morgan fingerprint density at radius 2 is 2.55 bits per heavy atom. The maximum absolute atomic E-state index is 10.2. The van der Waals surface area contributed by atoms with E-state index in [1.807, 2.05) is 0 Å². The topological polar surface area (TPSA) is 94.0 Å². The summed E-state index contributed by atoms with van der Waals surface area (Å²) < 4.78 is 1.39. The summed E-state index contributed by atoms with van der Waals surface area (Å²) in [6.45, 7) is 0.905. The quantitative estimate of drug-likeness (QED) is 0.581. The van der Waals surface area contributed by atoms with Crippen LogP contribution in [0.25, 0.3) is 0 Å². The average molecular weight is 156 g/mol. The molecule has 0 bridgehead atoms. The monoisotopic (exact) mass is 156 g/mol. The van der Waals surface area contributed by atoms with Gasteiger partial charge in [0.15, 0.2) is 0 Å². The molecule has 0 aliphatic carbocycles. The molecule has 0 saturated heterocycles. The standard InChI is InChI=1S/C5H8N4O2/c6-1-2-9-3-7-4(8-9)5(10)11/h3H,1-2,6H2,(H,10,11). The van der Waals surface area contributed by atoms with Crippen LogP contribution in [0.4, 0.5) is 0 Å². The molecule has 3 N–H and O–H groups in total. The Morgan fingerprint density at radius 1 is 1.82 bits per heavy atom. The number of nitrogens with two attached hydrogens (primary N) is 1. The van der Waals surface area contributed by atoms with Crippen LogP contribution in [0.2, 0.25) is 0 Å². The second kappa shape index (κ2) is 3.11. The molecule has 1 aromatic heterocycles. The van der Waals surface area contributed by atoms with Crippen LogP contribution in [0.5, 0.6) is 0 Å². The molecule has 0 radical (unpaired) electrons. The van der Waals surface area contributed by atoms with Crippen LogP contribution in [-0.2, 0) is 6.54 Å². The third kappa shape index (κ3) is 1.74. The van der Waals surface area contributed by atoms with Gasteiger partial charge in [-0.2, -0.15) is 0 Å². The lowest BCUT2D eigenvalue weighted by molar-refractivity contribution is 0.0683. The number of carboxylic acids is 1. The van der Waals surface area contributed by atoms with Crippen molar-refractivity contribution in [1.82, 2.24) is 14.8 Å². The Morgan fingerprint density at radius 3 is 3.00 bits per heavy atom. The minimum Gasteiger partial charge on any atom is -0.475 e. The van der Waals surface area contributed by atoms with Crippen LogP contribution in [0.1, 0.15) is 10.6 Å². The fraction of sp³-hybridized carbons (Fsp3) is 0.400. The van der Waals surface area contributed by atoms with Gasteiger partial charge in [-0.1, -0.05) is 0 Å². The maximum atomic E-state index is 10.2. The Labute approximate surface area is 62.6 Å². The third-order valence-electron chi connectivity index (χ3n) is 1.09. The molecule has 6 heteroatoms. The van der Waals surface area contributed by atoms with E-state index in [4.69, 9.17) is 10.8 Å². The Bertz CT molecular complexity index is 257. The van der Waals surface area contributed by atoms with Crippen molar-refractivity contribution in [1.29, 1.82) is 0 Å². The normalized spacial score (nSPS) is 9.91. The molecule has 0 aliphatic heterocycles. The lowest BCUT2D eigenvalue weighted by Gasteiger charge is -1.92. The zero-order chi connectivity index (χ0) is 8.27. The first-order valence-corrected chi connectivity index (χ1v) is 3.07. The number of carbonyl (C=O) groups is 1. The summed E-state index contributed by atoms with van der Waals surface area (Å²) in [7, 11) is 0. The highest BCUT2D eigenvalue weighted by atomic mass is 16.4. The van der Waals surface area contributed by atoms with Gasteiger partial charge in [0.1, 0.15) is 6.33 Å². The number of carboxylic acid groups (broad SMARTS) is 1. The predicted octanol–water partition coefficient (Wildman–Crippen LogP) is -1.07. The van der Waals surface area contributed by atoms with Crippen LogP contribution >= 0.6 is 0 Å². The van der Waals surface area contributed by atoms with E-state index >= 15 is 0 Å². The molecular weight excluding hydrogens is 148 g/mol. The first-order chi connectivity index (χ1) is 5.24. The van der Waals surface area contributed by atoms with Crippen molar-refractivity contribution in [2.45, 2.75) is 6.54 Å². The number of aromatic nitrogens is 3. The molecule has 6 nitrogen and oxygen atoms in total. The SMILES string of the molecule is NCCn1cnc(C(=O)O)n1. The molecule has 0 unspecified atom stereocenters. The zero-order valence-electron chi connectivity index (χ0n) is 5.77. The van der Waals surface area contributed by atoms with Gasteiger partial charge in [0.25, 0.3) is 5.82 Å². The molecule has 0 fully saturated rings. The van der Waals surface area contributed by atoms with E-state index in [1.54, 1.807) is 0 Å². The highest BCUT2D eigenvalue weighted by Gasteiger charge is 2.07. The van der Waals surface area contributed by atoms with E-state index in [9.17, 15) is 4.79 Å². The largest absolute Gasteiger partial charge is 0.475 e. The second-order valence-electron chi connectivity index (χ2n) is 1.93. The first-order valence-electron chi connectivity index (χ1n) is 3.07. The average Bonchev–Trinajstić information content (AvgIpc) is 2.37. The Hall–Kier alpha value is -1.43. The smallest absolute Gasteiger partial charge is 0.375 e. The van der Waals surface area contributed by atoms with Crippen molar-refractivity contribution in [3.63, 3.8) is 0 Å². The van der Waals surface area contributed by atoms with E-state index in [1.165, 1.54) is 11.0 Å². The summed E-state index contributed by atoms with van der Waals surface area (Å²) in [6, 6.07) is 0. The number of hydrogen-bond donors (Lipinski definition) is 2. The lowest BCUT2D eigenvalue weighted by atomic mass is 10.6. The van der Waals surface area contributed by atoms with Gasteiger partial charge in [-0.3, -0.25) is 4.68 Å². The minimum atomic E-state index is -1.12. The summed E-state index contributed by atoms with van der Waals surface area (Å²) in [5.74, 6) is -1.32. The van der Waals surface area contributed by atoms with Crippen molar-refractivity contribution >= 4 is 5.97 Å². The van der Waals surface area contributed by atoms with Gasteiger partial charge in [-0.25, -0.2) is 9.78 Å². The fourth-order valence-electron chi connectivity index (χ4n) is 0.633. The summed E-state index contributed by atoms with van der Waals surface area (Å²) >= 11 is 0. The summed E-state index contributed by atoms with van der Waals surface area (Å²) in [5.41, 5.74) is 5.21. The van der Waals surface area contributed by atoms with Crippen LogP contribution in [0, 0.1) is 0 Å². The van der Waals surface area contributed by atoms with Crippen LogP contribution < -0.4 is 5.73 Å². The summed E-state index contributed by atoms with van der Waals surface area (Å²) in [4.78, 5) is 13.8. The number of aromatic carboxylic acids is 1. The first kappa shape index (κ1) is 7.67. The van der Waals surface area contributed by atoms with Crippen LogP contribution in [0.3, 0.4) is 0 Å². The summed E-state index contributed by atoms with van der Waals surface area (Å²) in [6.07, 6.45) is 1.34. The summed E-state index contributed by atoms with van der Waals surface area (Å²) in [5, 5.41) is 12.0. The van der Waals surface area contributed by atoms with E-state index in [2.05, 4.69) is 10.1 Å².